The summed E-state index contributed by atoms with van der Waals surface area (Å²) in [4.78, 5) is 11.7. The van der Waals surface area contributed by atoms with E-state index in [0.29, 0.717) is 32.2 Å². The van der Waals surface area contributed by atoms with Crippen LogP contribution < -0.4 is 5.32 Å². The third-order valence-electron chi connectivity index (χ3n) is 3.59. The van der Waals surface area contributed by atoms with Gasteiger partial charge >= 0.3 is 0 Å². The van der Waals surface area contributed by atoms with Gasteiger partial charge in [-0.2, -0.15) is 0 Å². The molecule has 2 N–H and O–H groups in total. The van der Waals surface area contributed by atoms with Gasteiger partial charge in [0, 0.05) is 24.9 Å². The molecule has 0 aliphatic heterocycles. The van der Waals surface area contributed by atoms with E-state index in [9.17, 15) is 9.90 Å². The van der Waals surface area contributed by atoms with Crippen LogP contribution in [0.2, 0.25) is 0 Å². The second-order valence-electron chi connectivity index (χ2n) is 5.33. The van der Waals surface area contributed by atoms with Gasteiger partial charge in [-0.05, 0) is 25.0 Å². The summed E-state index contributed by atoms with van der Waals surface area (Å²) in [6.45, 7) is 2.44. The first kappa shape index (κ1) is 16.3. The number of aryl methyl sites for hydroxylation is 1. The maximum Gasteiger partial charge on any atom is 0.220 e. The molecule has 1 atom stereocenters. The summed E-state index contributed by atoms with van der Waals surface area (Å²) >= 11 is 0. The van der Waals surface area contributed by atoms with Gasteiger partial charge in [0.15, 0.2) is 0 Å². The van der Waals surface area contributed by atoms with Gasteiger partial charge in [0.25, 0.3) is 0 Å². The van der Waals surface area contributed by atoms with E-state index >= 15 is 0 Å². The first-order valence-corrected chi connectivity index (χ1v) is 7.78. The molecule has 22 heavy (non-hydrogen) atoms. The van der Waals surface area contributed by atoms with Crippen molar-refractivity contribution in [3.8, 4) is 11.3 Å². The predicted molar refractivity (Wildman–Crippen MR) is 86.4 cm³/mol. The van der Waals surface area contributed by atoms with E-state index in [0.717, 1.165) is 17.1 Å². The van der Waals surface area contributed by atoms with Gasteiger partial charge < -0.3 is 14.8 Å². The molecular formula is C18H23NO3. The van der Waals surface area contributed by atoms with Crippen LogP contribution in [0.3, 0.4) is 0 Å². The van der Waals surface area contributed by atoms with Crippen molar-refractivity contribution in [2.75, 3.05) is 6.54 Å². The fraction of sp³-hybridized carbons (Fsp3) is 0.389. The molecule has 0 spiro atoms. The van der Waals surface area contributed by atoms with Crippen LogP contribution in [0, 0.1) is 0 Å². The second-order valence-corrected chi connectivity index (χ2v) is 5.33. The minimum Gasteiger partial charge on any atom is -0.461 e. The van der Waals surface area contributed by atoms with E-state index in [4.69, 9.17) is 4.42 Å². The molecule has 4 nitrogen and oxygen atoms in total. The highest BCUT2D eigenvalue weighted by atomic mass is 16.3. The van der Waals surface area contributed by atoms with Crippen LogP contribution in [0.4, 0.5) is 0 Å². The molecule has 0 bridgehead atoms. The van der Waals surface area contributed by atoms with Gasteiger partial charge in [-0.15, -0.1) is 0 Å². The molecule has 1 aromatic carbocycles. The van der Waals surface area contributed by atoms with Crippen molar-refractivity contribution in [3.05, 3.63) is 48.2 Å². The summed E-state index contributed by atoms with van der Waals surface area (Å²) in [7, 11) is 0. The highest BCUT2D eigenvalue weighted by molar-refractivity contribution is 5.76. The standard InChI is InChI=1S/C18H23NO3/c1-2-15(20)12-13-19-18(21)11-9-16-8-10-17(22-16)14-6-4-3-5-7-14/h3-8,10,15,20H,2,9,11-13H2,1H3,(H,19,21). The quantitative estimate of drug-likeness (QED) is 0.787. The van der Waals surface area contributed by atoms with E-state index < -0.39 is 0 Å². The van der Waals surface area contributed by atoms with Crippen LogP contribution in [-0.2, 0) is 11.2 Å². The lowest BCUT2D eigenvalue weighted by Crippen LogP contribution is -2.27. The molecule has 1 aromatic heterocycles. The van der Waals surface area contributed by atoms with E-state index in [-0.39, 0.29) is 12.0 Å². The van der Waals surface area contributed by atoms with Gasteiger partial charge in [-0.3, -0.25) is 4.79 Å². The Morgan fingerprint density at radius 2 is 2.00 bits per heavy atom. The molecule has 1 amide bonds. The van der Waals surface area contributed by atoms with Crippen LogP contribution in [0.1, 0.15) is 31.9 Å². The summed E-state index contributed by atoms with van der Waals surface area (Å²) < 4.78 is 5.76. The SMILES string of the molecule is CCC(O)CCNC(=O)CCc1ccc(-c2ccccc2)o1. The first-order chi connectivity index (χ1) is 10.7. The van der Waals surface area contributed by atoms with E-state index in [1.807, 2.05) is 49.4 Å². The molecular weight excluding hydrogens is 278 g/mol. The van der Waals surface area contributed by atoms with Crippen LogP contribution in [0.5, 0.6) is 0 Å². The number of rotatable bonds is 8. The van der Waals surface area contributed by atoms with Gasteiger partial charge in [0.2, 0.25) is 5.91 Å². The largest absolute Gasteiger partial charge is 0.461 e. The van der Waals surface area contributed by atoms with Crippen molar-refractivity contribution in [1.29, 1.82) is 0 Å². The molecule has 0 saturated carbocycles. The van der Waals surface area contributed by atoms with Crippen LogP contribution in [0.25, 0.3) is 11.3 Å². The number of amides is 1. The maximum absolute atomic E-state index is 11.7. The topological polar surface area (TPSA) is 62.5 Å². The van der Waals surface area contributed by atoms with Crippen molar-refractivity contribution in [1.82, 2.24) is 5.32 Å². The zero-order valence-corrected chi connectivity index (χ0v) is 12.9. The molecule has 2 rings (SSSR count). The van der Waals surface area contributed by atoms with Crippen molar-refractivity contribution in [2.45, 2.75) is 38.7 Å². The molecule has 0 fully saturated rings. The number of aliphatic hydroxyl groups is 1. The highest BCUT2D eigenvalue weighted by Crippen LogP contribution is 2.22. The Morgan fingerprint density at radius 3 is 2.73 bits per heavy atom. The van der Waals surface area contributed by atoms with Gasteiger partial charge in [-0.25, -0.2) is 0 Å². The average molecular weight is 301 g/mol. The molecule has 118 valence electrons. The first-order valence-electron chi connectivity index (χ1n) is 7.78. The molecule has 0 saturated heterocycles. The Hall–Kier alpha value is -2.07. The number of hydrogen-bond acceptors (Lipinski definition) is 3. The van der Waals surface area contributed by atoms with E-state index in [1.165, 1.54) is 0 Å². The summed E-state index contributed by atoms with van der Waals surface area (Å²) in [6, 6.07) is 13.7. The molecule has 0 aliphatic rings. The van der Waals surface area contributed by atoms with E-state index in [2.05, 4.69) is 5.32 Å². The van der Waals surface area contributed by atoms with Crippen LogP contribution in [-0.4, -0.2) is 23.7 Å². The Kier molecular flexibility index (Phi) is 6.22. The number of nitrogens with one attached hydrogen (secondary N) is 1. The third-order valence-corrected chi connectivity index (χ3v) is 3.59. The molecule has 4 heteroatoms. The van der Waals surface area contributed by atoms with E-state index in [1.54, 1.807) is 0 Å². The summed E-state index contributed by atoms with van der Waals surface area (Å²) in [6.07, 6.45) is 1.95. The Balaban J connectivity index is 1.75. The molecule has 1 heterocycles. The van der Waals surface area contributed by atoms with Gasteiger partial charge in [0.1, 0.15) is 11.5 Å². The molecule has 2 aromatic rings. The number of carbonyl (C=O) groups excluding carboxylic acids is 1. The van der Waals surface area contributed by atoms with Gasteiger partial charge in [0.05, 0.1) is 6.10 Å². The van der Waals surface area contributed by atoms with Crippen molar-refractivity contribution < 1.29 is 14.3 Å². The minimum absolute atomic E-state index is 0.0130. The monoisotopic (exact) mass is 301 g/mol. The molecule has 0 radical (unpaired) electrons. The highest BCUT2D eigenvalue weighted by Gasteiger charge is 2.08. The van der Waals surface area contributed by atoms with Gasteiger partial charge in [-0.1, -0.05) is 37.3 Å². The Bertz CT molecular complexity index is 577. The molecule has 0 aliphatic carbocycles. The summed E-state index contributed by atoms with van der Waals surface area (Å²) in [5.41, 5.74) is 1.03. The third kappa shape index (κ3) is 5.04. The Morgan fingerprint density at radius 1 is 1.23 bits per heavy atom. The zero-order valence-electron chi connectivity index (χ0n) is 12.9. The number of carbonyl (C=O) groups is 1. The average Bonchev–Trinajstić information content (AvgIpc) is 3.02. The lowest BCUT2D eigenvalue weighted by Gasteiger charge is -2.08. The van der Waals surface area contributed by atoms with Crippen LogP contribution >= 0.6 is 0 Å². The second kappa shape index (κ2) is 8.39. The number of furan rings is 1. The number of aliphatic hydroxyl groups excluding tert-OH is 1. The van der Waals surface area contributed by atoms with Crippen molar-refractivity contribution in [3.63, 3.8) is 0 Å². The molecule has 1 unspecified atom stereocenters. The maximum atomic E-state index is 11.7. The number of benzene rings is 1. The van der Waals surface area contributed by atoms with Crippen molar-refractivity contribution >= 4 is 5.91 Å². The Labute approximate surface area is 131 Å². The van der Waals surface area contributed by atoms with Crippen molar-refractivity contribution in [2.24, 2.45) is 0 Å². The number of hydrogen-bond donors (Lipinski definition) is 2. The summed E-state index contributed by atoms with van der Waals surface area (Å²) in [5, 5.41) is 12.2. The fourth-order valence-corrected chi connectivity index (χ4v) is 2.18. The smallest absolute Gasteiger partial charge is 0.220 e. The van der Waals surface area contributed by atoms with Crippen LogP contribution in [0.15, 0.2) is 46.9 Å². The minimum atomic E-state index is -0.334. The normalized spacial score (nSPS) is 12.1. The lowest BCUT2D eigenvalue weighted by molar-refractivity contribution is -0.121. The predicted octanol–water partition coefficient (Wildman–Crippen LogP) is 3.16. The lowest BCUT2D eigenvalue weighted by atomic mass is 10.2. The zero-order chi connectivity index (χ0) is 15.8. The summed E-state index contributed by atoms with van der Waals surface area (Å²) in [5.74, 6) is 1.62. The fourth-order valence-electron chi connectivity index (χ4n) is 2.18.